The maximum Gasteiger partial charge on any atom is 0.253 e. The van der Waals surface area contributed by atoms with Gasteiger partial charge in [0.15, 0.2) is 0 Å². The number of aromatic nitrogens is 1. The highest BCUT2D eigenvalue weighted by Crippen LogP contribution is 2.26. The molecular weight excluding hydrogens is 338 g/mol. The second-order valence-electron chi connectivity index (χ2n) is 6.13. The summed E-state index contributed by atoms with van der Waals surface area (Å²) < 4.78 is 0. The quantitative estimate of drug-likeness (QED) is 0.672. The first-order valence-corrected chi connectivity index (χ1v) is 8.44. The molecule has 126 valence electrons. The molecule has 4 rings (SSSR count). The Balaban J connectivity index is 1.58. The normalized spacial score (nSPS) is 13.4. The van der Waals surface area contributed by atoms with Gasteiger partial charge in [0, 0.05) is 45.8 Å². The van der Waals surface area contributed by atoms with Gasteiger partial charge in [0.1, 0.15) is 0 Å². The van der Waals surface area contributed by atoms with E-state index in [-0.39, 0.29) is 11.5 Å². The molecule has 0 bridgehead atoms. The molecule has 0 saturated carbocycles. The molecule has 0 spiro atoms. The van der Waals surface area contributed by atoms with Crippen molar-refractivity contribution in [1.29, 1.82) is 0 Å². The summed E-state index contributed by atoms with van der Waals surface area (Å²) in [4.78, 5) is 26.6. The van der Waals surface area contributed by atoms with Gasteiger partial charge in [-0.3, -0.25) is 9.59 Å². The molecule has 2 heterocycles. The summed E-state index contributed by atoms with van der Waals surface area (Å²) in [5.41, 5.74) is 4.06. The van der Waals surface area contributed by atoms with E-state index in [0.717, 1.165) is 34.3 Å². The minimum absolute atomic E-state index is 0.0347. The van der Waals surface area contributed by atoms with Crippen molar-refractivity contribution < 1.29 is 4.79 Å². The van der Waals surface area contributed by atoms with Crippen molar-refractivity contribution in [2.45, 2.75) is 19.4 Å². The number of rotatable bonds is 3. The third kappa shape index (κ3) is 3.23. The van der Waals surface area contributed by atoms with Gasteiger partial charge in [-0.1, -0.05) is 17.7 Å². The molecule has 1 amide bonds. The Bertz CT molecular complexity index is 1040. The number of pyridine rings is 1. The first kappa shape index (κ1) is 15.7. The molecule has 0 fully saturated rings. The standard InChI is InChI=1S/C19H16ClN3O2/c20-14-3-5-16-12(8-14)7-13(19(25)23-16)10-21-15-4-1-11-2-6-18(24)22-17(11)9-15/h1,3-5,7-9,21H,2,6,10H2,(H,22,24)(H,23,25). The van der Waals surface area contributed by atoms with Crippen LogP contribution in [0.1, 0.15) is 17.5 Å². The Labute approximate surface area is 149 Å². The molecule has 1 aliphatic heterocycles. The van der Waals surface area contributed by atoms with Crippen molar-refractivity contribution >= 4 is 39.8 Å². The Morgan fingerprint density at radius 3 is 2.80 bits per heavy atom. The topological polar surface area (TPSA) is 74.0 Å². The van der Waals surface area contributed by atoms with E-state index in [1.807, 2.05) is 30.3 Å². The molecule has 0 aliphatic carbocycles. The van der Waals surface area contributed by atoms with Crippen LogP contribution in [-0.4, -0.2) is 10.9 Å². The fraction of sp³-hybridized carbons (Fsp3) is 0.158. The molecule has 0 atom stereocenters. The van der Waals surface area contributed by atoms with Crippen molar-refractivity contribution in [3.05, 3.63) is 69.0 Å². The smallest absolute Gasteiger partial charge is 0.253 e. The zero-order chi connectivity index (χ0) is 17.4. The van der Waals surface area contributed by atoms with E-state index in [1.165, 1.54) is 0 Å². The Morgan fingerprint density at radius 2 is 1.92 bits per heavy atom. The number of benzene rings is 2. The number of H-pyrrole nitrogens is 1. The molecule has 3 N–H and O–H groups in total. The number of aromatic amines is 1. The van der Waals surface area contributed by atoms with Gasteiger partial charge in [0.05, 0.1) is 0 Å². The van der Waals surface area contributed by atoms with E-state index in [9.17, 15) is 9.59 Å². The molecule has 0 radical (unpaired) electrons. The first-order chi connectivity index (χ1) is 12.1. The molecule has 2 aromatic carbocycles. The lowest BCUT2D eigenvalue weighted by Gasteiger charge is -2.18. The number of anilines is 2. The van der Waals surface area contributed by atoms with Gasteiger partial charge in [-0.05, 0) is 48.4 Å². The van der Waals surface area contributed by atoms with Gasteiger partial charge in [0.25, 0.3) is 5.56 Å². The average molecular weight is 354 g/mol. The van der Waals surface area contributed by atoms with E-state index in [0.29, 0.717) is 23.6 Å². The fourth-order valence-corrected chi connectivity index (χ4v) is 3.21. The first-order valence-electron chi connectivity index (χ1n) is 8.06. The predicted octanol–water partition coefficient (Wildman–Crippen LogP) is 3.68. The number of aryl methyl sites for hydroxylation is 1. The number of amides is 1. The number of halogens is 1. The highest BCUT2D eigenvalue weighted by Gasteiger charge is 2.14. The van der Waals surface area contributed by atoms with Crippen LogP contribution < -0.4 is 16.2 Å². The van der Waals surface area contributed by atoms with Crippen LogP contribution in [0.25, 0.3) is 10.9 Å². The number of carbonyl (C=O) groups excluding carboxylic acids is 1. The summed E-state index contributed by atoms with van der Waals surface area (Å²) >= 11 is 6.02. The molecule has 1 aromatic heterocycles. The molecule has 0 unspecified atom stereocenters. The van der Waals surface area contributed by atoms with Crippen molar-refractivity contribution in [1.82, 2.24) is 4.98 Å². The zero-order valence-electron chi connectivity index (χ0n) is 13.4. The Kier molecular flexibility index (Phi) is 3.93. The number of hydrogen-bond acceptors (Lipinski definition) is 3. The molecule has 25 heavy (non-hydrogen) atoms. The van der Waals surface area contributed by atoms with Crippen LogP contribution in [0.4, 0.5) is 11.4 Å². The molecule has 1 aliphatic rings. The molecule has 6 heteroatoms. The van der Waals surface area contributed by atoms with Crippen molar-refractivity contribution in [2.24, 2.45) is 0 Å². The van der Waals surface area contributed by atoms with Gasteiger partial charge >= 0.3 is 0 Å². The summed E-state index contributed by atoms with van der Waals surface area (Å²) in [5, 5.41) is 7.64. The maximum atomic E-state index is 12.2. The fourth-order valence-electron chi connectivity index (χ4n) is 3.03. The van der Waals surface area contributed by atoms with E-state index < -0.39 is 0 Å². The molecular formula is C19H16ClN3O2. The third-order valence-corrected chi connectivity index (χ3v) is 4.61. The van der Waals surface area contributed by atoms with Gasteiger partial charge in [-0.2, -0.15) is 0 Å². The van der Waals surface area contributed by atoms with Crippen molar-refractivity contribution in [2.75, 3.05) is 10.6 Å². The molecule has 0 saturated heterocycles. The SMILES string of the molecule is O=C1CCc2ccc(NCc3cc4cc(Cl)ccc4[nH]c3=O)cc2N1. The summed E-state index contributed by atoms with van der Waals surface area (Å²) in [6, 6.07) is 13.1. The van der Waals surface area contributed by atoms with Gasteiger partial charge in [0.2, 0.25) is 5.91 Å². The number of nitrogens with one attached hydrogen (secondary N) is 3. The van der Waals surface area contributed by atoms with E-state index >= 15 is 0 Å². The van der Waals surface area contributed by atoms with E-state index in [1.54, 1.807) is 12.1 Å². The summed E-state index contributed by atoms with van der Waals surface area (Å²) in [7, 11) is 0. The van der Waals surface area contributed by atoms with Crippen molar-refractivity contribution in [3.63, 3.8) is 0 Å². The second-order valence-corrected chi connectivity index (χ2v) is 6.57. The highest BCUT2D eigenvalue weighted by atomic mass is 35.5. The number of hydrogen-bond donors (Lipinski definition) is 3. The highest BCUT2D eigenvalue weighted by molar-refractivity contribution is 6.31. The van der Waals surface area contributed by atoms with Crippen LogP contribution in [0, 0.1) is 0 Å². The van der Waals surface area contributed by atoms with Gasteiger partial charge < -0.3 is 15.6 Å². The van der Waals surface area contributed by atoms with Gasteiger partial charge in [-0.15, -0.1) is 0 Å². The van der Waals surface area contributed by atoms with Crippen LogP contribution in [-0.2, 0) is 17.8 Å². The monoisotopic (exact) mass is 353 g/mol. The Hall–Kier alpha value is -2.79. The zero-order valence-corrected chi connectivity index (χ0v) is 14.1. The second kappa shape index (κ2) is 6.26. The van der Waals surface area contributed by atoms with E-state index in [4.69, 9.17) is 11.6 Å². The van der Waals surface area contributed by atoms with Crippen LogP contribution in [0.3, 0.4) is 0 Å². The third-order valence-electron chi connectivity index (χ3n) is 4.37. The predicted molar refractivity (Wildman–Crippen MR) is 100 cm³/mol. The molecule has 5 nitrogen and oxygen atoms in total. The van der Waals surface area contributed by atoms with E-state index in [2.05, 4.69) is 15.6 Å². The number of carbonyl (C=O) groups is 1. The largest absolute Gasteiger partial charge is 0.381 e. The maximum absolute atomic E-state index is 12.2. The lowest BCUT2D eigenvalue weighted by Crippen LogP contribution is -2.19. The minimum atomic E-state index is -0.131. The lowest BCUT2D eigenvalue weighted by atomic mass is 10.0. The Morgan fingerprint density at radius 1 is 1.04 bits per heavy atom. The summed E-state index contributed by atoms with van der Waals surface area (Å²) in [6.07, 6.45) is 1.28. The molecule has 3 aromatic rings. The van der Waals surface area contributed by atoms with Crippen LogP contribution in [0.15, 0.2) is 47.3 Å². The number of fused-ring (bicyclic) bond motifs is 2. The lowest BCUT2D eigenvalue weighted by molar-refractivity contribution is -0.116. The summed E-state index contributed by atoms with van der Waals surface area (Å²) in [6.45, 7) is 0.379. The average Bonchev–Trinajstić information content (AvgIpc) is 2.60. The van der Waals surface area contributed by atoms with Crippen LogP contribution in [0.2, 0.25) is 5.02 Å². The van der Waals surface area contributed by atoms with Crippen LogP contribution in [0.5, 0.6) is 0 Å². The van der Waals surface area contributed by atoms with Crippen LogP contribution >= 0.6 is 11.6 Å². The summed E-state index contributed by atoms with van der Waals surface area (Å²) in [5.74, 6) is 0.0347. The minimum Gasteiger partial charge on any atom is -0.381 e. The van der Waals surface area contributed by atoms with Gasteiger partial charge in [-0.25, -0.2) is 0 Å². The van der Waals surface area contributed by atoms with Crippen molar-refractivity contribution in [3.8, 4) is 0 Å².